The van der Waals surface area contributed by atoms with Gasteiger partial charge < -0.3 is 14.7 Å². The molecule has 3 rings (SSSR count). The Morgan fingerprint density at radius 3 is 2.71 bits per heavy atom. The summed E-state index contributed by atoms with van der Waals surface area (Å²) >= 11 is 0. The van der Waals surface area contributed by atoms with E-state index in [-0.39, 0.29) is 12.0 Å². The molecule has 2 aliphatic rings. The highest BCUT2D eigenvalue weighted by Crippen LogP contribution is 2.29. The minimum absolute atomic E-state index is 0.0502. The zero-order valence-corrected chi connectivity index (χ0v) is 12.6. The molecule has 1 aromatic heterocycles. The number of aliphatic hydroxyl groups is 1. The molecule has 3 heterocycles. The van der Waals surface area contributed by atoms with Crippen LogP contribution in [0.2, 0.25) is 0 Å². The molecule has 5 nitrogen and oxygen atoms in total. The van der Waals surface area contributed by atoms with Crippen molar-refractivity contribution in [2.24, 2.45) is 5.41 Å². The first-order chi connectivity index (χ1) is 10.3. The summed E-state index contributed by atoms with van der Waals surface area (Å²) in [5.41, 5.74) is -0.0502. The van der Waals surface area contributed by atoms with E-state index < -0.39 is 0 Å². The molecule has 2 fully saturated rings. The second kappa shape index (κ2) is 6.73. The van der Waals surface area contributed by atoms with Gasteiger partial charge in [-0.1, -0.05) is 6.07 Å². The molecular weight excluding hydrogens is 266 g/mol. The Hall–Kier alpha value is -1.17. The van der Waals surface area contributed by atoms with Crippen molar-refractivity contribution in [1.29, 1.82) is 0 Å². The minimum Gasteiger partial charge on any atom is -0.396 e. The van der Waals surface area contributed by atoms with Crippen molar-refractivity contribution in [3.05, 3.63) is 24.4 Å². The number of hydrogen-bond donors (Lipinski definition) is 1. The summed E-state index contributed by atoms with van der Waals surface area (Å²) in [5, 5.41) is 9.78. The molecule has 21 heavy (non-hydrogen) atoms. The normalized spacial score (nSPS) is 27.8. The van der Waals surface area contributed by atoms with E-state index in [0.29, 0.717) is 6.61 Å². The van der Waals surface area contributed by atoms with Gasteiger partial charge in [0.25, 0.3) is 0 Å². The molecule has 2 aliphatic heterocycles. The smallest absolute Gasteiger partial charge is 0.128 e. The summed E-state index contributed by atoms with van der Waals surface area (Å²) in [5.74, 6) is 1.06. The van der Waals surface area contributed by atoms with Crippen LogP contribution in [0.5, 0.6) is 0 Å². The minimum atomic E-state index is -0.0502. The number of pyridine rings is 1. The summed E-state index contributed by atoms with van der Waals surface area (Å²) in [6.45, 7) is 6.77. The molecule has 1 N–H and O–H groups in total. The van der Waals surface area contributed by atoms with Crippen LogP contribution >= 0.6 is 0 Å². The fourth-order valence-electron chi connectivity index (χ4n) is 3.36. The Morgan fingerprint density at radius 2 is 2.10 bits per heavy atom. The van der Waals surface area contributed by atoms with Crippen molar-refractivity contribution in [3.63, 3.8) is 0 Å². The summed E-state index contributed by atoms with van der Waals surface area (Å²) in [6, 6.07) is 6.06. The van der Waals surface area contributed by atoms with Crippen LogP contribution in [0.1, 0.15) is 12.8 Å². The number of hydrogen-bond acceptors (Lipinski definition) is 5. The number of aliphatic hydroxyl groups excluding tert-OH is 1. The third kappa shape index (κ3) is 3.54. The highest BCUT2D eigenvalue weighted by Gasteiger charge is 2.35. The molecule has 1 atom stereocenters. The van der Waals surface area contributed by atoms with Gasteiger partial charge in [0.15, 0.2) is 0 Å². The van der Waals surface area contributed by atoms with E-state index >= 15 is 0 Å². The van der Waals surface area contributed by atoms with Crippen molar-refractivity contribution in [3.8, 4) is 0 Å². The van der Waals surface area contributed by atoms with Crippen molar-refractivity contribution >= 4 is 5.82 Å². The lowest BCUT2D eigenvalue weighted by molar-refractivity contribution is -0.0558. The van der Waals surface area contributed by atoms with E-state index in [1.54, 1.807) is 0 Å². The van der Waals surface area contributed by atoms with Crippen LogP contribution in [0.3, 0.4) is 0 Å². The molecule has 116 valence electrons. The SMILES string of the molecule is OCC1(CN2CCN(c3ccccn3)CC2)CCCOC1. The zero-order chi connectivity index (χ0) is 14.5. The average Bonchev–Trinajstić information content (AvgIpc) is 2.57. The molecule has 2 saturated heterocycles. The Kier molecular flexibility index (Phi) is 4.73. The molecular formula is C16H25N3O2. The van der Waals surface area contributed by atoms with Crippen LogP contribution in [0.4, 0.5) is 5.82 Å². The first-order valence-corrected chi connectivity index (χ1v) is 7.88. The molecule has 0 spiro atoms. The van der Waals surface area contributed by atoms with Crippen LogP contribution in [0.25, 0.3) is 0 Å². The Morgan fingerprint density at radius 1 is 1.24 bits per heavy atom. The van der Waals surface area contributed by atoms with Crippen molar-refractivity contribution in [2.75, 3.05) is 57.4 Å². The van der Waals surface area contributed by atoms with Gasteiger partial charge in [-0.3, -0.25) is 4.90 Å². The third-order valence-electron chi connectivity index (χ3n) is 4.64. The first kappa shape index (κ1) is 14.8. The highest BCUT2D eigenvalue weighted by atomic mass is 16.5. The molecule has 0 radical (unpaired) electrons. The van der Waals surface area contributed by atoms with Gasteiger partial charge in [0.05, 0.1) is 13.2 Å². The number of nitrogens with zero attached hydrogens (tertiary/aromatic N) is 3. The van der Waals surface area contributed by atoms with Gasteiger partial charge in [0, 0.05) is 50.9 Å². The fraction of sp³-hybridized carbons (Fsp3) is 0.688. The van der Waals surface area contributed by atoms with Crippen LogP contribution in [-0.4, -0.2) is 67.5 Å². The number of rotatable bonds is 4. The van der Waals surface area contributed by atoms with E-state index in [4.69, 9.17) is 4.74 Å². The molecule has 1 aromatic rings. The molecule has 5 heteroatoms. The second-order valence-electron chi connectivity index (χ2n) is 6.27. The molecule has 0 amide bonds. The van der Waals surface area contributed by atoms with Crippen molar-refractivity contribution in [2.45, 2.75) is 12.8 Å². The number of ether oxygens (including phenoxy) is 1. The lowest BCUT2D eigenvalue weighted by atomic mass is 9.82. The van der Waals surface area contributed by atoms with Gasteiger partial charge in [-0.25, -0.2) is 4.98 Å². The summed E-state index contributed by atoms with van der Waals surface area (Å²) in [7, 11) is 0. The molecule has 0 bridgehead atoms. The van der Waals surface area contributed by atoms with Crippen LogP contribution in [0.15, 0.2) is 24.4 Å². The summed E-state index contributed by atoms with van der Waals surface area (Å²) < 4.78 is 5.60. The zero-order valence-electron chi connectivity index (χ0n) is 12.6. The third-order valence-corrected chi connectivity index (χ3v) is 4.64. The molecule has 0 saturated carbocycles. The van der Waals surface area contributed by atoms with Gasteiger partial charge in [-0.05, 0) is 25.0 Å². The second-order valence-corrected chi connectivity index (χ2v) is 6.27. The van der Waals surface area contributed by atoms with Crippen molar-refractivity contribution in [1.82, 2.24) is 9.88 Å². The maximum Gasteiger partial charge on any atom is 0.128 e. The number of piperazine rings is 1. The number of aromatic nitrogens is 1. The predicted molar refractivity (Wildman–Crippen MR) is 82.5 cm³/mol. The predicted octanol–water partition coefficient (Wildman–Crippen LogP) is 0.993. The monoisotopic (exact) mass is 291 g/mol. The number of anilines is 1. The summed E-state index contributed by atoms with van der Waals surface area (Å²) in [4.78, 5) is 9.22. The standard InChI is InChI=1S/C16H25N3O2/c20-13-16(5-3-11-21-14-16)12-18-7-9-19(10-8-18)15-4-1-2-6-17-15/h1-2,4,6,20H,3,5,7-14H2. The van der Waals surface area contributed by atoms with Gasteiger partial charge >= 0.3 is 0 Å². The summed E-state index contributed by atoms with van der Waals surface area (Å²) in [6.07, 6.45) is 3.99. The van der Waals surface area contributed by atoms with E-state index in [0.717, 1.165) is 58.0 Å². The van der Waals surface area contributed by atoms with E-state index in [2.05, 4.69) is 20.9 Å². The van der Waals surface area contributed by atoms with E-state index in [9.17, 15) is 5.11 Å². The maximum absolute atomic E-state index is 9.78. The largest absolute Gasteiger partial charge is 0.396 e. The van der Waals surface area contributed by atoms with Gasteiger partial charge in [-0.15, -0.1) is 0 Å². The van der Waals surface area contributed by atoms with Crippen LogP contribution < -0.4 is 4.90 Å². The molecule has 0 aliphatic carbocycles. The Labute approximate surface area is 126 Å². The lowest BCUT2D eigenvalue weighted by Gasteiger charge is -2.42. The van der Waals surface area contributed by atoms with Crippen LogP contribution in [0, 0.1) is 5.41 Å². The quantitative estimate of drug-likeness (QED) is 0.896. The maximum atomic E-state index is 9.78. The van der Waals surface area contributed by atoms with Gasteiger partial charge in [0.1, 0.15) is 5.82 Å². The highest BCUT2D eigenvalue weighted by molar-refractivity contribution is 5.38. The topological polar surface area (TPSA) is 48.8 Å². The molecule has 0 aromatic carbocycles. The van der Waals surface area contributed by atoms with Crippen molar-refractivity contribution < 1.29 is 9.84 Å². The van der Waals surface area contributed by atoms with Crippen LogP contribution in [-0.2, 0) is 4.74 Å². The first-order valence-electron chi connectivity index (χ1n) is 7.88. The molecule has 1 unspecified atom stereocenters. The van der Waals surface area contributed by atoms with Gasteiger partial charge in [0.2, 0.25) is 0 Å². The van der Waals surface area contributed by atoms with E-state index in [1.807, 2.05) is 18.3 Å². The lowest BCUT2D eigenvalue weighted by Crippen LogP contribution is -2.52. The van der Waals surface area contributed by atoms with Gasteiger partial charge in [-0.2, -0.15) is 0 Å². The van der Waals surface area contributed by atoms with E-state index in [1.165, 1.54) is 0 Å². The Bertz CT molecular complexity index is 426. The fourth-order valence-corrected chi connectivity index (χ4v) is 3.36. The average molecular weight is 291 g/mol. The Balaban J connectivity index is 1.53.